The summed E-state index contributed by atoms with van der Waals surface area (Å²) < 4.78 is 10.7. The van der Waals surface area contributed by atoms with Gasteiger partial charge in [-0.2, -0.15) is 5.10 Å². The molecule has 0 aliphatic heterocycles. The summed E-state index contributed by atoms with van der Waals surface area (Å²) in [5, 5.41) is 6.64. The number of nitrogens with two attached hydrogens (primary N) is 1. The van der Waals surface area contributed by atoms with Crippen molar-refractivity contribution in [2.45, 2.75) is 4.90 Å². The number of hydrogen-bond acceptors (Lipinski definition) is 5. The minimum absolute atomic E-state index is 0.536. The molecule has 0 unspecified atom stereocenters. The standard InChI is InChI=1S/C12H15N3O2S/c1-16-9-4-7(8-6-14-15-12(8)13)5-10(18-3)11(9)17-2/h4-6H,1-3H3,(H3,13,14,15). The Labute approximate surface area is 110 Å². The van der Waals surface area contributed by atoms with Crippen LogP contribution in [-0.4, -0.2) is 30.7 Å². The molecule has 2 rings (SSSR count). The van der Waals surface area contributed by atoms with Gasteiger partial charge in [-0.25, -0.2) is 0 Å². The molecule has 96 valence electrons. The van der Waals surface area contributed by atoms with Crippen LogP contribution in [0.25, 0.3) is 11.1 Å². The van der Waals surface area contributed by atoms with E-state index in [-0.39, 0.29) is 0 Å². The van der Waals surface area contributed by atoms with Crippen LogP contribution in [0.3, 0.4) is 0 Å². The fourth-order valence-corrected chi connectivity index (χ4v) is 2.38. The van der Waals surface area contributed by atoms with E-state index in [1.165, 1.54) is 0 Å². The first-order valence-electron chi connectivity index (χ1n) is 5.30. The van der Waals surface area contributed by atoms with Crippen LogP contribution < -0.4 is 15.2 Å². The Bertz CT molecular complexity index is 529. The number of aromatic amines is 1. The summed E-state index contributed by atoms with van der Waals surface area (Å²) in [7, 11) is 3.24. The van der Waals surface area contributed by atoms with Crippen molar-refractivity contribution in [2.24, 2.45) is 0 Å². The van der Waals surface area contributed by atoms with E-state index in [1.54, 1.807) is 32.2 Å². The van der Waals surface area contributed by atoms with E-state index in [4.69, 9.17) is 15.2 Å². The third-order valence-corrected chi connectivity index (χ3v) is 3.39. The molecule has 2 aromatic rings. The molecule has 0 aliphatic rings. The molecule has 5 nitrogen and oxygen atoms in total. The molecule has 6 heteroatoms. The molecule has 1 aromatic heterocycles. The second-order valence-electron chi connectivity index (χ2n) is 3.61. The average molecular weight is 265 g/mol. The van der Waals surface area contributed by atoms with Crippen molar-refractivity contribution in [3.8, 4) is 22.6 Å². The van der Waals surface area contributed by atoms with E-state index in [0.717, 1.165) is 21.8 Å². The molecule has 0 atom stereocenters. The second-order valence-corrected chi connectivity index (χ2v) is 4.46. The Kier molecular flexibility index (Phi) is 3.66. The monoisotopic (exact) mass is 265 g/mol. The van der Waals surface area contributed by atoms with Crippen LogP contribution >= 0.6 is 11.8 Å². The maximum atomic E-state index is 5.83. The Morgan fingerprint density at radius 1 is 1.28 bits per heavy atom. The third kappa shape index (κ3) is 2.11. The molecule has 0 spiro atoms. The molecule has 1 heterocycles. The molecule has 3 N–H and O–H groups in total. The van der Waals surface area contributed by atoms with Crippen molar-refractivity contribution in [2.75, 3.05) is 26.2 Å². The number of nitrogen functional groups attached to an aromatic ring is 1. The number of methoxy groups -OCH3 is 2. The highest BCUT2D eigenvalue weighted by molar-refractivity contribution is 7.98. The fourth-order valence-electron chi connectivity index (χ4n) is 1.76. The van der Waals surface area contributed by atoms with Gasteiger partial charge < -0.3 is 15.2 Å². The SMILES string of the molecule is COc1cc(-c2cn[nH]c2N)cc(SC)c1OC. The van der Waals surface area contributed by atoms with Gasteiger partial charge in [-0.15, -0.1) is 11.8 Å². The highest BCUT2D eigenvalue weighted by atomic mass is 32.2. The number of H-pyrrole nitrogens is 1. The molecule has 0 radical (unpaired) electrons. The lowest BCUT2D eigenvalue weighted by Crippen LogP contribution is -1.94. The van der Waals surface area contributed by atoms with E-state index in [9.17, 15) is 0 Å². The molecular weight excluding hydrogens is 250 g/mol. The summed E-state index contributed by atoms with van der Waals surface area (Å²) in [5.41, 5.74) is 7.63. The summed E-state index contributed by atoms with van der Waals surface area (Å²) >= 11 is 1.59. The predicted octanol–water partition coefficient (Wildman–Crippen LogP) is 2.40. The maximum absolute atomic E-state index is 5.83. The van der Waals surface area contributed by atoms with Crippen LogP contribution in [0.5, 0.6) is 11.5 Å². The molecule has 0 aliphatic carbocycles. The number of thioether (sulfide) groups is 1. The van der Waals surface area contributed by atoms with Crippen LogP contribution in [0.1, 0.15) is 0 Å². The van der Waals surface area contributed by atoms with Crippen molar-refractivity contribution in [3.63, 3.8) is 0 Å². The van der Waals surface area contributed by atoms with Gasteiger partial charge in [0, 0.05) is 5.56 Å². The van der Waals surface area contributed by atoms with E-state index in [1.807, 2.05) is 18.4 Å². The van der Waals surface area contributed by atoms with Crippen LogP contribution in [-0.2, 0) is 0 Å². The van der Waals surface area contributed by atoms with Crippen LogP contribution in [0.4, 0.5) is 5.82 Å². The zero-order chi connectivity index (χ0) is 13.1. The van der Waals surface area contributed by atoms with Crippen molar-refractivity contribution in [1.29, 1.82) is 0 Å². The Morgan fingerprint density at radius 2 is 2.06 bits per heavy atom. The number of anilines is 1. The van der Waals surface area contributed by atoms with Gasteiger partial charge in [0.25, 0.3) is 0 Å². The lowest BCUT2D eigenvalue weighted by atomic mass is 10.1. The quantitative estimate of drug-likeness (QED) is 0.830. The number of nitrogens with zero attached hydrogens (tertiary/aromatic N) is 1. The summed E-state index contributed by atoms with van der Waals surface area (Å²) in [4.78, 5) is 0.993. The van der Waals surface area contributed by atoms with Crippen LogP contribution in [0, 0.1) is 0 Å². The number of ether oxygens (including phenoxy) is 2. The topological polar surface area (TPSA) is 73.2 Å². The molecule has 0 saturated carbocycles. The van der Waals surface area contributed by atoms with Gasteiger partial charge in [0.1, 0.15) is 5.82 Å². The first kappa shape index (κ1) is 12.6. The minimum atomic E-state index is 0.536. The molecule has 1 aromatic carbocycles. The van der Waals surface area contributed by atoms with Gasteiger partial charge in [0.15, 0.2) is 11.5 Å². The molecule has 18 heavy (non-hydrogen) atoms. The van der Waals surface area contributed by atoms with E-state index in [0.29, 0.717) is 11.6 Å². The lowest BCUT2D eigenvalue weighted by Gasteiger charge is -2.13. The maximum Gasteiger partial charge on any atom is 0.174 e. The molecule has 0 bridgehead atoms. The largest absolute Gasteiger partial charge is 0.493 e. The van der Waals surface area contributed by atoms with E-state index in [2.05, 4.69) is 10.2 Å². The van der Waals surface area contributed by atoms with Crippen molar-refractivity contribution >= 4 is 17.6 Å². The van der Waals surface area contributed by atoms with Crippen molar-refractivity contribution in [1.82, 2.24) is 10.2 Å². The number of benzene rings is 1. The summed E-state index contributed by atoms with van der Waals surface area (Å²) in [6.45, 7) is 0. The molecule has 0 fully saturated rings. The predicted molar refractivity (Wildman–Crippen MR) is 73.3 cm³/mol. The second kappa shape index (κ2) is 5.22. The van der Waals surface area contributed by atoms with E-state index < -0.39 is 0 Å². The highest BCUT2D eigenvalue weighted by Crippen LogP contribution is 2.41. The highest BCUT2D eigenvalue weighted by Gasteiger charge is 2.14. The Balaban J connectivity index is 2.60. The van der Waals surface area contributed by atoms with Gasteiger partial charge in [0.2, 0.25) is 0 Å². The number of rotatable bonds is 4. The smallest absolute Gasteiger partial charge is 0.174 e. The fraction of sp³-hybridized carbons (Fsp3) is 0.250. The van der Waals surface area contributed by atoms with Gasteiger partial charge in [-0.05, 0) is 24.0 Å². The first-order chi connectivity index (χ1) is 8.71. The van der Waals surface area contributed by atoms with Crippen LogP contribution in [0.15, 0.2) is 23.2 Å². The number of nitrogens with one attached hydrogen (secondary N) is 1. The summed E-state index contributed by atoms with van der Waals surface area (Å²) in [6.07, 6.45) is 3.68. The Morgan fingerprint density at radius 3 is 2.56 bits per heavy atom. The van der Waals surface area contributed by atoms with E-state index >= 15 is 0 Å². The minimum Gasteiger partial charge on any atom is -0.493 e. The third-order valence-electron chi connectivity index (χ3n) is 2.64. The first-order valence-corrected chi connectivity index (χ1v) is 6.53. The summed E-state index contributed by atoms with van der Waals surface area (Å²) in [6, 6.07) is 3.90. The zero-order valence-corrected chi connectivity index (χ0v) is 11.3. The normalized spacial score (nSPS) is 10.4. The zero-order valence-electron chi connectivity index (χ0n) is 10.5. The summed E-state index contributed by atoms with van der Waals surface area (Å²) in [5.74, 6) is 1.95. The molecule has 0 saturated heterocycles. The number of aromatic nitrogens is 2. The Hall–Kier alpha value is -1.82. The number of hydrogen-bond donors (Lipinski definition) is 2. The molecular formula is C12H15N3O2S. The van der Waals surface area contributed by atoms with Crippen LogP contribution in [0.2, 0.25) is 0 Å². The van der Waals surface area contributed by atoms with Gasteiger partial charge in [-0.1, -0.05) is 0 Å². The van der Waals surface area contributed by atoms with Gasteiger partial charge in [0.05, 0.1) is 25.3 Å². The van der Waals surface area contributed by atoms with Gasteiger partial charge in [-0.3, -0.25) is 5.10 Å². The lowest BCUT2D eigenvalue weighted by molar-refractivity contribution is 0.348. The van der Waals surface area contributed by atoms with Crippen molar-refractivity contribution < 1.29 is 9.47 Å². The molecule has 0 amide bonds. The average Bonchev–Trinajstić information content (AvgIpc) is 2.83. The van der Waals surface area contributed by atoms with Crippen molar-refractivity contribution in [3.05, 3.63) is 18.3 Å². The van der Waals surface area contributed by atoms with Gasteiger partial charge >= 0.3 is 0 Å².